The highest BCUT2D eigenvalue weighted by molar-refractivity contribution is 5.82. The summed E-state index contributed by atoms with van der Waals surface area (Å²) in [7, 11) is 1.63. The monoisotopic (exact) mass is 401 g/mol. The van der Waals surface area contributed by atoms with Crippen molar-refractivity contribution in [2.24, 2.45) is 5.41 Å². The third kappa shape index (κ3) is 5.22. The molecule has 3 N–H and O–H groups in total. The number of benzene rings is 2. The maximum Gasteiger partial charge on any atom is 0.252 e. The van der Waals surface area contributed by atoms with Gasteiger partial charge in [-0.3, -0.25) is 10.0 Å². The Hall–Kier alpha value is -2.70. The SMILES string of the molecule is COc1ccc(-c2ccc(/C=C/CC[C@](C)(C(=O)NO)[C@](C)(O)CF)cc2)cc1. The fourth-order valence-corrected chi connectivity index (χ4v) is 3.06. The van der Waals surface area contributed by atoms with Crippen molar-refractivity contribution in [3.8, 4) is 16.9 Å². The number of methoxy groups -OCH3 is 1. The molecule has 0 bridgehead atoms. The number of aliphatic hydroxyl groups is 1. The second-order valence-electron chi connectivity index (χ2n) is 7.47. The van der Waals surface area contributed by atoms with Crippen molar-refractivity contribution in [3.63, 3.8) is 0 Å². The molecule has 5 nitrogen and oxygen atoms in total. The number of nitrogens with one attached hydrogen (secondary N) is 1. The molecule has 0 aliphatic heterocycles. The van der Waals surface area contributed by atoms with Gasteiger partial charge in [-0.2, -0.15) is 0 Å². The van der Waals surface area contributed by atoms with Crippen molar-refractivity contribution in [1.29, 1.82) is 0 Å². The van der Waals surface area contributed by atoms with E-state index in [1.54, 1.807) is 7.11 Å². The molecule has 0 heterocycles. The molecule has 29 heavy (non-hydrogen) atoms. The number of amides is 1. The van der Waals surface area contributed by atoms with E-state index in [0.717, 1.165) is 22.4 Å². The van der Waals surface area contributed by atoms with Gasteiger partial charge in [0.2, 0.25) is 0 Å². The number of hydroxylamine groups is 1. The molecule has 1 amide bonds. The topological polar surface area (TPSA) is 78.8 Å². The Kier molecular flexibility index (Phi) is 7.53. The van der Waals surface area contributed by atoms with Gasteiger partial charge >= 0.3 is 0 Å². The molecule has 0 spiro atoms. The molecule has 0 saturated heterocycles. The van der Waals surface area contributed by atoms with Crippen LogP contribution in [0.2, 0.25) is 0 Å². The number of allylic oxidation sites excluding steroid dienone is 1. The fraction of sp³-hybridized carbons (Fsp3) is 0.348. The minimum absolute atomic E-state index is 0.177. The number of ether oxygens (including phenoxy) is 1. The fourth-order valence-electron chi connectivity index (χ4n) is 3.06. The lowest BCUT2D eigenvalue weighted by Gasteiger charge is -2.38. The second-order valence-corrected chi connectivity index (χ2v) is 7.47. The highest BCUT2D eigenvalue weighted by Gasteiger charge is 2.48. The minimum Gasteiger partial charge on any atom is -0.497 e. The number of rotatable bonds is 9. The number of carbonyl (C=O) groups is 1. The van der Waals surface area contributed by atoms with E-state index < -0.39 is 23.6 Å². The first kappa shape index (κ1) is 22.6. The lowest BCUT2D eigenvalue weighted by atomic mass is 9.71. The first-order chi connectivity index (χ1) is 13.8. The number of halogens is 1. The molecule has 0 aliphatic carbocycles. The van der Waals surface area contributed by atoms with E-state index >= 15 is 0 Å². The average Bonchev–Trinajstić information content (AvgIpc) is 2.76. The molecule has 0 unspecified atom stereocenters. The molecule has 2 rings (SSSR count). The molecule has 0 aliphatic rings. The molecule has 2 aromatic rings. The van der Waals surface area contributed by atoms with Crippen LogP contribution in [-0.2, 0) is 4.79 Å². The van der Waals surface area contributed by atoms with Crippen molar-refractivity contribution in [2.45, 2.75) is 32.3 Å². The summed E-state index contributed by atoms with van der Waals surface area (Å²) in [5.41, 5.74) is 1.34. The molecule has 2 atom stereocenters. The number of hydrogen-bond acceptors (Lipinski definition) is 4. The van der Waals surface area contributed by atoms with Gasteiger partial charge in [-0.25, -0.2) is 9.87 Å². The van der Waals surface area contributed by atoms with E-state index in [0.29, 0.717) is 6.42 Å². The van der Waals surface area contributed by atoms with Gasteiger partial charge in [0.1, 0.15) is 18.0 Å². The van der Waals surface area contributed by atoms with Crippen LogP contribution in [0, 0.1) is 5.41 Å². The summed E-state index contributed by atoms with van der Waals surface area (Å²) in [6.07, 6.45) is 4.37. The normalized spacial score (nSPS) is 15.5. The molecule has 0 radical (unpaired) electrons. The van der Waals surface area contributed by atoms with E-state index in [2.05, 4.69) is 0 Å². The summed E-state index contributed by atoms with van der Waals surface area (Å²) in [5.74, 6) is -0.000634. The number of carbonyl (C=O) groups excluding carboxylic acids is 1. The Bertz CT molecular complexity index is 831. The van der Waals surface area contributed by atoms with E-state index in [-0.39, 0.29) is 6.42 Å². The van der Waals surface area contributed by atoms with Crippen LogP contribution in [0.4, 0.5) is 4.39 Å². The third-order valence-electron chi connectivity index (χ3n) is 5.51. The molecule has 0 saturated carbocycles. The van der Waals surface area contributed by atoms with Gasteiger partial charge in [0.25, 0.3) is 5.91 Å². The summed E-state index contributed by atoms with van der Waals surface area (Å²) >= 11 is 0. The lowest BCUT2D eigenvalue weighted by molar-refractivity contribution is -0.158. The van der Waals surface area contributed by atoms with E-state index in [1.165, 1.54) is 19.3 Å². The molecule has 0 aromatic heterocycles. The molecule has 6 heteroatoms. The summed E-state index contributed by atoms with van der Waals surface area (Å²) in [6.45, 7) is 1.60. The molecular weight excluding hydrogens is 373 g/mol. The summed E-state index contributed by atoms with van der Waals surface area (Å²) in [4.78, 5) is 12.0. The van der Waals surface area contributed by atoms with Crippen molar-refractivity contribution < 1.29 is 24.2 Å². The summed E-state index contributed by atoms with van der Waals surface area (Å²) in [5, 5.41) is 19.2. The zero-order valence-electron chi connectivity index (χ0n) is 17.0. The van der Waals surface area contributed by atoms with Crippen LogP contribution in [0.25, 0.3) is 17.2 Å². The molecule has 0 fully saturated rings. The Balaban J connectivity index is 2.03. The predicted molar refractivity (Wildman–Crippen MR) is 111 cm³/mol. The summed E-state index contributed by atoms with van der Waals surface area (Å²) in [6, 6.07) is 15.8. The maximum absolute atomic E-state index is 13.2. The van der Waals surface area contributed by atoms with Crippen molar-refractivity contribution in [2.75, 3.05) is 13.8 Å². The van der Waals surface area contributed by atoms with Crippen LogP contribution in [0.5, 0.6) is 5.75 Å². The van der Waals surface area contributed by atoms with Crippen molar-refractivity contribution >= 4 is 12.0 Å². The highest BCUT2D eigenvalue weighted by atomic mass is 19.1. The van der Waals surface area contributed by atoms with Crippen LogP contribution in [0.15, 0.2) is 54.6 Å². The Morgan fingerprint density at radius 3 is 2.14 bits per heavy atom. The Labute approximate surface area is 170 Å². The molecule has 2 aromatic carbocycles. The molecular formula is C23H28FNO4. The van der Waals surface area contributed by atoms with Gasteiger partial charge in [0.15, 0.2) is 0 Å². The lowest BCUT2D eigenvalue weighted by Crippen LogP contribution is -2.54. The van der Waals surface area contributed by atoms with E-state index in [1.807, 2.05) is 60.7 Å². The predicted octanol–water partition coefficient (Wildman–Crippen LogP) is 4.39. The standard InChI is InChI=1S/C23H28FNO4/c1-22(21(26)25-28,23(2,27)16-24)15-5-4-6-17-7-9-18(10-8-17)19-11-13-20(29-3)14-12-19/h4,6-14,27-28H,5,15-16H2,1-3H3,(H,25,26)/b6-4+/t22-,23-/m1/s1. The van der Waals surface area contributed by atoms with E-state index in [4.69, 9.17) is 9.94 Å². The van der Waals surface area contributed by atoms with Gasteiger partial charge in [0.05, 0.1) is 12.5 Å². The van der Waals surface area contributed by atoms with Crippen molar-refractivity contribution in [1.82, 2.24) is 5.48 Å². The Morgan fingerprint density at radius 2 is 1.66 bits per heavy atom. The first-order valence-electron chi connectivity index (χ1n) is 9.41. The Morgan fingerprint density at radius 1 is 1.10 bits per heavy atom. The largest absolute Gasteiger partial charge is 0.497 e. The van der Waals surface area contributed by atoms with Crippen LogP contribution >= 0.6 is 0 Å². The zero-order valence-corrected chi connectivity index (χ0v) is 17.0. The van der Waals surface area contributed by atoms with Crippen LogP contribution in [0.1, 0.15) is 32.3 Å². The maximum atomic E-state index is 13.2. The first-order valence-corrected chi connectivity index (χ1v) is 9.41. The zero-order chi connectivity index (χ0) is 21.5. The minimum atomic E-state index is -1.88. The summed E-state index contributed by atoms with van der Waals surface area (Å²) < 4.78 is 18.4. The van der Waals surface area contributed by atoms with Gasteiger partial charge in [0, 0.05) is 0 Å². The highest BCUT2D eigenvalue weighted by Crippen LogP contribution is 2.37. The smallest absolute Gasteiger partial charge is 0.252 e. The molecule has 156 valence electrons. The number of alkyl halides is 1. The third-order valence-corrected chi connectivity index (χ3v) is 5.51. The van der Waals surface area contributed by atoms with Crippen LogP contribution in [-0.4, -0.2) is 35.6 Å². The van der Waals surface area contributed by atoms with Gasteiger partial charge in [-0.05, 0) is 55.5 Å². The second kappa shape index (κ2) is 9.67. The van der Waals surface area contributed by atoms with E-state index in [9.17, 15) is 14.3 Å². The van der Waals surface area contributed by atoms with Crippen LogP contribution in [0.3, 0.4) is 0 Å². The average molecular weight is 401 g/mol. The van der Waals surface area contributed by atoms with Crippen LogP contribution < -0.4 is 10.2 Å². The van der Waals surface area contributed by atoms with Gasteiger partial charge in [-0.1, -0.05) is 48.6 Å². The quantitative estimate of drug-likeness (QED) is 0.430. The van der Waals surface area contributed by atoms with Gasteiger partial charge < -0.3 is 9.84 Å². The number of hydrogen-bond donors (Lipinski definition) is 3. The van der Waals surface area contributed by atoms with Crippen molar-refractivity contribution in [3.05, 3.63) is 60.2 Å². The van der Waals surface area contributed by atoms with Gasteiger partial charge in [-0.15, -0.1) is 0 Å².